The van der Waals surface area contributed by atoms with Gasteiger partial charge in [-0.1, -0.05) is 24.3 Å². The number of piperazine rings is 1. The van der Waals surface area contributed by atoms with Crippen LogP contribution in [0.5, 0.6) is 0 Å². The molecule has 118 valence electrons. The van der Waals surface area contributed by atoms with Crippen LogP contribution in [0.15, 0.2) is 42.5 Å². The Labute approximate surface area is 134 Å². The van der Waals surface area contributed by atoms with E-state index in [4.69, 9.17) is 0 Å². The number of nitrogens with one attached hydrogen (secondary N) is 2. The summed E-state index contributed by atoms with van der Waals surface area (Å²) in [5.74, 6) is -0.205. The molecule has 0 bridgehead atoms. The summed E-state index contributed by atoms with van der Waals surface area (Å²) in [5, 5.41) is 6.31. The molecule has 2 aromatic rings. The summed E-state index contributed by atoms with van der Waals surface area (Å²) < 4.78 is 14.1. The molecule has 0 aromatic heterocycles. The highest BCUT2D eigenvalue weighted by molar-refractivity contribution is 5.97. The second-order valence-electron chi connectivity index (χ2n) is 6.02. The number of nitrogens with zero attached hydrogens (tertiary/aromatic N) is 1. The monoisotopic (exact) mass is 311 g/mol. The molecular weight excluding hydrogens is 293 g/mol. The highest BCUT2D eigenvalue weighted by Crippen LogP contribution is 2.36. The lowest BCUT2D eigenvalue weighted by atomic mass is 10.0. The van der Waals surface area contributed by atoms with Crippen molar-refractivity contribution in [3.63, 3.8) is 0 Å². The summed E-state index contributed by atoms with van der Waals surface area (Å²) in [6, 6.07) is 12.6. The Kier molecular flexibility index (Phi) is 3.50. The molecule has 2 heterocycles. The maximum atomic E-state index is 14.1. The lowest BCUT2D eigenvalue weighted by Crippen LogP contribution is -2.51. The van der Waals surface area contributed by atoms with Crippen molar-refractivity contribution in [3.8, 4) is 11.1 Å². The van der Waals surface area contributed by atoms with E-state index < -0.39 is 0 Å². The Morgan fingerprint density at radius 3 is 2.91 bits per heavy atom. The first-order chi connectivity index (χ1) is 11.2. The van der Waals surface area contributed by atoms with Gasteiger partial charge >= 0.3 is 0 Å². The van der Waals surface area contributed by atoms with E-state index >= 15 is 0 Å². The third-order valence-corrected chi connectivity index (χ3v) is 4.54. The van der Waals surface area contributed by atoms with Gasteiger partial charge in [0.1, 0.15) is 5.82 Å². The van der Waals surface area contributed by atoms with Crippen LogP contribution in [0.3, 0.4) is 0 Å². The molecule has 1 fully saturated rings. The molecular formula is C18H18FN3O. The average Bonchev–Trinajstić information content (AvgIpc) is 2.70. The zero-order valence-electron chi connectivity index (χ0n) is 12.7. The summed E-state index contributed by atoms with van der Waals surface area (Å²) in [6.45, 7) is 2.51. The first-order valence-electron chi connectivity index (χ1n) is 7.88. The lowest BCUT2D eigenvalue weighted by molar-refractivity contribution is -0.116. The normalized spacial score (nSPS) is 20.3. The van der Waals surface area contributed by atoms with E-state index in [1.54, 1.807) is 12.1 Å². The Bertz CT molecular complexity index is 762. The molecule has 23 heavy (non-hydrogen) atoms. The average molecular weight is 311 g/mol. The zero-order valence-corrected chi connectivity index (χ0v) is 12.7. The Hall–Kier alpha value is -2.40. The minimum absolute atomic E-state index is 0.0288. The van der Waals surface area contributed by atoms with E-state index in [2.05, 4.69) is 15.5 Å². The Balaban J connectivity index is 1.82. The van der Waals surface area contributed by atoms with Crippen molar-refractivity contribution in [1.29, 1.82) is 0 Å². The number of amides is 1. The minimum atomic E-state index is -0.234. The van der Waals surface area contributed by atoms with E-state index in [9.17, 15) is 9.18 Å². The third-order valence-electron chi connectivity index (χ3n) is 4.54. The van der Waals surface area contributed by atoms with Gasteiger partial charge in [0, 0.05) is 31.6 Å². The van der Waals surface area contributed by atoms with E-state index in [1.165, 1.54) is 6.07 Å². The van der Waals surface area contributed by atoms with Crippen LogP contribution in [0.4, 0.5) is 15.8 Å². The maximum Gasteiger partial charge on any atom is 0.226 e. The highest BCUT2D eigenvalue weighted by atomic mass is 19.1. The van der Waals surface area contributed by atoms with Crippen LogP contribution in [-0.2, 0) is 4.79 Å². The largest absolute Gasteiger partial charge is 0.364 e. The van der Waals surface area contributed by atoms with E-state index in [1.807, 2.05) is 24.3 Å². The van der Waals surface area contributed by atoms with Crippen molar-refractivity contribution in [2.24, 2.45) is 0 Å². The van der Waals surface area contributed by atoms with E-state index in [-0.39, 0.29) is 17.8 Å². The van der Waals surface area contributed by atoms with Crippen LogP contribution in [0, 0.1) is 5.82 Å². The molecule has 2 aromatic carbocycles. The summed E-state index contributed by atoms with van der Waals surface area (Å²) in [7, 11) is 0. The smallest absolute Gasteiger partial charge is 0.226 e. The summed E-state index contributed by atoms with van der Waals surface area (Å²) >= 11 is 0. The number of hydrogen-bond donors (Lipinski definition) is 2. The zero-order chi connectivity index (χ0) is 15.8. The fourth-order valence-electron chi connectivity index (χ4n) is 3.41. The summed E-state index contributed by atoms with van der Waals surface area (Å²) in [4.78, 5) is 14.3. The first-order valence-corrected chi connectivity index (χ1v) is 7.88. The Morgan fingerprint density at radius 2 is 2.04 bits per heavy atom. The number of hydrogen-bond acceptors (Lipinski definition) is 3. The van der Waals surface area contributed by atoms with Crippen LogP contribution >= 0.6 is 0 Å². The minimum Gasteiger partial charge on any atom is -0.364 e. The number of carbonyl (C=O) groups excluding carboxylic acids is 1. The van der Waals surface area contributed by atoms with Gasteiger partial charge in [-0.25, -0.2) is 4.39 Å². The predicted octanol–water partition coefficient (Wildman–Crippen LogP) is 2.61. The number of carbonyl (C=O) groups is 1. The molecule has 4 rings (SSSR count). The van der Waals surface area contributed by atoms with Crippen molar-refractivity contribution < 1.29 is 9.18 Å². The van der Waals surface area contributed by atoms with Crippen molar-refractivity contribution in [2.45, 2.75) is 12.5 Å². The number of halogens is 1. The molecule has 0 aliphatic carbocycles. The molecule has 2 aliphatic rings. The van der Waals surface area contributed by atoms with Gasteiger partial charge < -0.3 is 15.5 Å². The van der Waals surface area contributed by atoms with Crippen LogP contribution in [-0.4, -0.2) is 31.6 Å². The van der Waals surface area contributed by atoms with Gasteiger partial charge in [0.2, 0.25) is 5.91 Å². The summed E-state index contributed by atoms with van der Waals surface area (Å²) in [5.41, 5.74) is 3.19. The molecule has 0 unspecified atom stereocenters. The van der Waals surface area contributed by atoms with Gasteiger partial charge in [0.15, 0.2) is 0 Å². The SMILES string of the molecule is O=C1C[C@H]2CNCCN2c2cc(-c3ccccc3F)ccc2N1. The van der Waals surface area contributed by atoms with Gasteiger partial charge in [0.25, 0.3) is 0 Å². The Morgan fingerprint density at radius 1 is 1.17 bits per heavy atom. The number of rotatable bonds is 1. The second-order valence-corrected chi connectivity index (χ2v) is 6.02. The van der Waals surface area contributed by atoms with Crippen molar-refractivity contribution in [3.05, 3.63) is 48.3 Å². The van der Waals surface area contributed by atoms with Crippen LogP contribution < -0.4 is 15.5 Å². The van der Waals surface area contributed by atoms with Crippen LogP contribution in [0.25, 0.3) is 11.1 Å². The number of fused-ring (bicyclic) bond motifs is 3. The van der Waals surface area contributed by atoms with Crippen molar-refractivity contribution in [2.75, 3.05) is 29.9 Å². The van der Waals surface area contributed by atoms with Crippen molar-refractivity contribution >= 4 is 17.3 Å². The second kappa shape index (κ2) is 5.66. The first kappa shape index (κ1) is 14.2. The molecule has 0 spiro atoms. The van der Waals surface area contributed by atoms with Gasteiger partial charge in [-0.15, -0.1) is 0 Å². The molecule has 5 heteroatoms. The molecule has 2 aliphatic heterocycles. The fraction of sp³-hybridized carbons (Fsp3) is 0.278. The van der Waals surface area contributed by atoms with Gasteiger partial charge in [-0.05, 0) is 23.8 Å². The molecule has 0 radical (unpaired) electrons. The quantitative estimate of drug-likeness (QED) is 0.851. The van der Waals surface area contributed by atoms with Gasteiger partial charge in [-0.3, -0.25) is 4.79 Å². The fourth-order valence-corrected chi connectivity index (χ4v) is 3.41. The standard InChI is InChI=1S/C18H18FN3O/c19-15-4-2-1-3-14(15)12-5-6-16-17(9-12)22-8-7-20-11-13(22)10-18(23)21-16/h1-6,9,13,20H,7-8,10-11H2,(H,21,23)/t13-/m0/s1. The van der Waals surface area contributed by atoms with E-state index in [0.29, 0.717) is 12.0 Å². The number of benzene rings is 2. The predicted molar refractivity (Wildman–Crippen MR) is 89.1 cm³/mol. The van der Waals surface area contributed by atoms with Crippen LogP contribution in [0.2, 0.25) is 0 Å². The summed E-state index contributed by atoms with van der Waals surface area (Å²) in [6.07, 6.45) is 0.469. The molecule has 0 saturated carbocycles. The molecule has 1 saturated heterocycles. The van der Waals surface area contributed by atoms with Crippen molar-refractivity contribution in [1.82, 2.24) is 5.32 Å². The highest BCUT2D eigenvalue weighted by Gasteiger charge is 2.30. The van der Waals surface area contributed by atoms with Gasteiger partial charge in [0.05, 0.1) is 17.4 Å². The van der Waals surface area contributed by atoms with Gasteiger partial charge in [-0.2, -0.15) is 0 Å². The molecule has 2 N–H and O–H groups in total. The van der Waals surface area contributed by atoms with Crippen LogP contribution in [0.1, 0.15) is 6.42 Å². The third kappa shape index (κ3) is 2.57. The van der Waals surface area contributed by atoms with E-state index in [0.717, 1.165) is 36.6 Å². The lowest BCUT2D eigenvalue weighted by Gasteiger charge is -2.36. The molecule has 1 amide bonds. The number of anilines is 2. The topological polar surface area (TPSA) is 44.4 Å². The maximum absolute atomic E-state index is 14.1. The molecule has 4 nitrogen and oxygen atoms in total. The molecule has 1 atom stereocenters.